The minimum Gasteiger partial charge on any atom is -0.377 e. The quantitative estimate of drug-likeness (QED) is 0.551. The molecule has 17 heavy (non-hydrogen) atoms. The fraction of sp³-hybridized carbons (Fsp3) is 0.750. The van der Waals surface area contributed by atoms with Crippen LogP contribution in [0.4, 0.5) is 0 Å². The molecule has 0 aliphatic heterocycles. The van der Waals surface area contributed by atoms with Crippen LogP contribution in [0.1, 0.15) is 32.2 Å². The van der Waals surface area contributed by atoms with Gasteiger partial charge in [-0.25, -0.2) is 0 Å². The van der Waals surface area contributed by atoms with Gasteiger partial charge in [0.15, 0.2) is 0 Å². The Morgan fingerprint density at radius 3 is 2.76 bits per heavy atom. The van der Waals surface area contributed by atoms with Gasteiger partial charge < -0.3 is 4.74 Å². The van der Waals surface area contributed by atoms with Crippen molar-refractivity contribution < 1.29 is 4.74 Å². The summed E-state index contributed by atoms with van der Waals surface area (Å²) in [6, 6.07) is 2.22. The normalized spacial score (nSPS) is 13.3. The molecule has 0 amide bonds. The summed E-state index contributed by atoms with van der Waals surface area (Å²) >= 11 is 0. The van der Waals surface area contributed by atoms with Crippen molar-refractivity contribution in [1.82, 2.24) is 15.2 Å². The predicted molar refractivity (Wildman–Crippen MR) is 68.5 cm³/mol. The molecule has 98 valence electrons. The van der Waals surface area contributed by atoms with Crippen LogP contribution in [0.25, 0.3) is 0 Å². The molecule has 0 aromatic carbocycles. The second-order valence-corrected chi connectivity index (χ2v) is 4.54. The Hall–Kier alpha value is -0.910. The third-order valence-electron chi connectivity index (χ3n) is 2.61. The van der Waals surface area contributed by atoms with Crippen molar-refractivity contribution in [1.29, 1.82) is 0 Å². The lowest BCUT2D eigenvalue weighted by Gasteiger charge is -2.18. The molecule has 0 radical (unpaired) electrons. The number of ether oxygens (including phenoxy) is 1. The summed E-state index contributed by atoms with van der Waals surface area (Å²) in [6.07, 6.45) is 1.06. The Labute approximate surface area is 103 Å². The van der Waals surface area contributed by atoms with Crippen LogP contribution in [-0.2, 0) is 17.7 Å². The summed E-state index contributed by atoms with van der Waals surface area (Å²) in [6.45, 7) is 9.63. The molecule has 1 unspecified atom stereocenters. The number of hydrogen-bond acceptors (Lipinski definition) is 4. The number of aromatic nitrogens is 2. The van der Waals surface area contributed by atoms with Crippen LogP contribution in [0.3, 0.4) is 0 Å². The van der Waals surface area contributed by atoms with Gasteiger partial charge in [-0.15, -0.1) is 0 Å². The third kappa shape index (κ3) is 4.46. The molecule has 5 heteroatoms. The summed E-state index contributed by atoms with van der Waals surface area (Å²) < 4.78 is 7.58. The minimum atomic E-state index is 0.124. The number of nitrogens with one attached hydrogen (secondary N) is 1. The maximum Gasteiger partial charge on any atom is 0.0640 e. The van der Waals surface area contributed by atoms with Crippen molar-refractivity contribution in [2.24, 2.45) is 5.84 Å². The zero-order chi connectivity index (χ0) is 12.8. The first-order chi connectivity index (χ1) is 8.06. The van der Waals surface area contributed by atoms with Crippen LogP contribution in [0.5, 0.6) is 0 Å². The molecule has 1 atom stereocenters. The van der Waals surface area contributed by atoms with Gasteiger partial charge in [-0.05, 0) is 33.8 Å². The molecule has 0 spiro atoms. The number of hydrogen-bond donors (Lipinski definition) is 2. The van der Waals surface area contributed by atoms with E-state index in [2.05, 4.69) is 23.5 Å². The molecule has 3 N–H and O–H groups in total. The van der Waals surface area contributed by atoms with E-state index in [0.29, 0.717) is 6.61 Å². The highest BCUT2D eigenvalue weighted by Crippen LogP contribution is 2.07. The number of rotatable bonds is 7. The molecule has 5 nitrogen and oxygen atoms in total. The molecule has 1 rings (SSSR count). The van der Waals surface area contributed by atoms with Gasteiger partial charge in [0, 0.05) is 24.7 Å². The minimum absolute atomic E-state index is 0.124. The van der Waals surface area contributed by atoms with Crippen molar-refractivity contribution in [3.05, 3.63) is 17.5 Å². The summed E-state index contributed by atoms with van der Waals surface area (Å²) in [7, 11) is 0. The van der Waals surface area contributed by atoms with Crippen molar-refractivity contribution in [3.63, 3.8) is 0 Å². The average molecular weight is 240 g/mol. The predicted octanol–water partition coefficient (Wildman–Crippen LogP) is 1.01. The highest BCUT2D eigenvalue weighted by molar-refractivity contribution is 5.10. The second-order valence-electron chi connectivity index (χ2n) is 4.54. The summed E-state index contributed by atoms with van der Waals surface area (Å²) in [5, 5.41) is 4.42. The number of nitrogens with zero attached hydrogens (tertiary/aromatic N) is 2. The van der Waals surface area contributed by atoms with Gasteiger partial charge in [-0.2, -0.15) is 5.10 Å². The Balaban J connectivity index is 2.59. The van der Waals surface area contributed by atoms with Gasteiger partial charge >= 0.3 is 0 Å². The van der Waals surface area contributed by atoms with Crippen LogP contribution < -0.4 is 11.3 Å². The van der Waals surface area contributed by atoms with Gasteiger partial charge in [0.05, 0.1) is 18.4 Å². The smallest absolute Gasteiger partial charge is 0.0640 e. The first-order valence-electron chi connectivity index (χ1n) is 6.17. The number of hydrazine groups is 1. The van der Waals surface area contributed by atoms with Gasteiger partial charge in [-0.3, -0.25) is 16.0 Å². The van der Waals surface area contributed by atoms with Crippen molar-refractivity contribution in [2.45, 2.75) is 52.8 Å². The van der Waals surface area contributed by atoms with Crippen LogP contribution >= 0.6 is 0 Å². The lowest BCUT2D eigenvalue weighted by Crippen LogP contribution is -2.41. The maximum absolute atomic E-state index is 5.58. The monoisotopic (exact) mass is 240 g/mol. The van der Waals surface area contributed by atoms with Crippen LogP contribution in [0.15, 0.2) is 6.07 Å². The van der Waals surface area contributed by atoms with E-state index in [1.54, 1.807) is 0 Å². The second kappa shape index (κ2) is 6.74. The molecular formula is C12H24N4O. The van der Waals surface area contributed by atoms with Crippen LogP contribution in [-0.4, -0.2) is 28.5 Å². The molecule has 0 bridgehead atoms. The first-order valence-corrected chi connectivity index (χ1v) is 6.17. The Morgan fingerprint density at radius 2 is 2.24 bits per heavy atom. The molecule has 0 fully saturated rings. The largest absolute Gasteiger partial charge is 0.377 e. The Bertz CT molecular complexity index is 335. The van der Waals surface area contributed by atoms with E-state index in [0.717, 1.165) is 18.7 Å². The summed E-state index contributed by atoms with van der Waals surface area (Å²) in [4.78, 5) is 0. The molecule has 1 aromatic rings. The zero-order valence-corrected chi connectivity index (χ0v) is 11.2. The lowest BCUT2D eigenvalue weighted by molar-refractivity contribution is 0.0609. The standard InChI is InChI=1S/C12H24N4O/c1-5-16-12(6-10(4)15-16)7-11(14-13)8-17-9(2)3/h6,9,11,14H,5,7-8,13H2,1-4H3. The fourth-order valence-electron chi connectivity index (χ4n) is 1.76. The molecule has 0 saturated heterocycles. The third-order valence-corrected chi connectivity index (χ3v) is 2.61. The van der Waals surface area contributed by atoms with Gasteiger partial charge in [0.25, 0.3) is 0 Å². The lowest BCUT2D eigenvalue weighted by atomic mass is 10.1. The molecule has 1 aromatic heterocycles. The van der Waals surface area contributed by atoms with E-state index in [9.17, 15) is 0 Å². The molecule has 1 heterocycles. The van der Waals surface area contributed by atoms with E-state index in [-0.39, 0.29) is 12.1 Å². The van der Waals surface area contributed by atoms with E-state index in [1.165, 1.54) is 5.69 Å². The molecule has 0 aliphatic carbocycles. The zero-order valence-electron chi connectivity index (χ0n) is 11.2. The van der Waals surface area contributed by atoms with E-state index < -0.39 is 0 Å². The van der Waals surface area contributed by atoms with E-state index in [4.69, 9.17) is 10.6 Å². The van der Waals surface area contributed by atoms with E-state index >= 15 is 0 Å². The summed E-state index contributed by atoms with van der Waals surface area (Å²) in [5.41, 5.74) is 5.04. The Kier molecular flexibility index (Phi) is 5.61. The van der Waals surface area contributed by atoms with E-state index in [1.807, 2.05) is 25.5 Å². The highest BCUT2D eigenvalue weighted by atomic mass is 16.5. The van der Waals surface area contributed by atoms with Gasteiger partial charge in [0.1, 0.15) is 0 Å². The maximum atomic E-state index is 5.58. The molecular weight excluding hydrogens is 216 g/mol. The SMILES string of the molecule is CCn1nc(C)cc1CC(COC(C)C)NN. The van der Waals surface area contributed by atoms with Gasteiger partial charge in [-0.1, -0.05) is 0 Å². The first kappa shape index (κ1) is 14.2. The van der Waals surface area contributed by atoms with Gasteiger partial charge in [0.2, 0.25) is 0 Å². The van der Waals surface area contributed by atoms with Crippen molar-refractivity contribution in [2.75, 3.05) is 6.61 Å². The van der Waals surface area contributed by atoms with Crippen LogP contribution in [0, 0.1) is 6.92 Å². The van der Waals surface area contributed by atoms with Crippen molar-refractivity contribution in [3.8, 4) is 0 Å². The Morgan fingerprint density at radius 1 is 1.53 bits per heavy atom. The molecule has 0 saturated carbocycles. The summed E-state index contributed by atoms with van der Waals surface area (Å²) in [5.74, 6) is 5.55. The van der Waals surface area contributed by atoms with Crippen molar-refractivity contribution >= 4 is 0 Å². The number of nitrogens with two attached hydrogens (primary N) is 1. The fourth-order valence-corrected chi connectivity index (χ4v) is 1.76. The number of aryl methyl sites for hydroxylation is 2. The topological polar surface area (TPSA) is 65.1 Å². The molecule has 0 aliphatic rings. The average Bonchev–Trinajstić information content (AvgIpc) is 2.64. The van der Waals surface area contributed by atoms with Crippen LogP contribution in [0.2, 0.25) is 0 Å². The highest BCUT2D eigenvalue weighted by Gasteiger charge is 2.13.